The van der Waals surface area contributed by atoms with Gasteiger partial charge in [0.05, 0.1) is 5.39 Å². The van der Waals surface area contributed by atoms with E-state index in [0.717, 1.165) is 36.3 Å². The van der Waals surface area contributed by atoms with Crippen LogP contribution < -0.4 is 0 Å². The van der Waals surface area contributed by atoms with Crippen LogP contribution in [-0.2, 0) is 19.4 Å². The number of fused-ring (bicyclic) bond motifs is 3. The summed E-state index contributed by atoms with van der Waals surface area (Å²) in [5.74, 6) is 0.943. The molecule has 0 aromatic carbocycles. The molecule has 0 saturated heterocycles. The summed E-state index contributed by atoms with van der Waals surface area (Å²) in [5, 5.41) is 11.1. The van der Waals surface area contributed by atoms with Gasteiger partial charge in [0.1, 0.15) is 12.0 Å². The maximum Gasteiger partial charge on any atom is 0.223 e. The summed E-state index contributed by atoms with van der Waals surface area (Å²) in [5.41, 5.74) is 3.68. The summed E-state index contributed by atoms with van der Waals surface area (Å²) in [6.45, 7) is 1.07. The first-order valence-corrected chi connectivity index (χ1v) is 8.38. The van der Waals surface area contributed by atoms with E-state index >= 15 is 0 Å². The van der Waals surface area contributed by atoms with Gasteiger partial charge < -0.3 is 9.67 Å². The predicted molar refractivity (Wildman–Crippen MR) is 82.4 cm³/mol. The van der Waals surface area contributed by atoms with E-state index in [2.05, 4.69) is 14.5 Å². The molecule has 2 aliphatic rings. The minimum absolute atomic E-state index is 0.167. The highest BCUT2D eigenvalue weighted by molar-refractivity contribution is 5.86. The molecule has 4 heteroatoms. The second kappa shape index (κ2) is 5.32. The van der Waals surface area contributed by atoms with Gasteiger partial charge in [-0.2, -0.15) is 0 Å². The summed E-state index contributed by atoms with van der Waals surface area (Å²) >= 11 is 0. The highest BCUT2D eigenvalue weighted by Crippen LogP contribution is 2.36. The lowest BCUT2D eigenvalue weighted by Crippen LogP contribution is -2.17. The first kappa shape index (κ1) is 13.1. The molecule has 0 amide bonds. The van der Waals surface area contributed by atoms with Crippen LogP contribution >= 0.6 is 0 Å². The van der Waals surface area contributed by atoms with E-state index in [0.29, 0.717) is 0 Å². The molecule has 0 spiro atoms. The molecule has 4 rings (SSSR count). The van der Waals surface area contributed by atoms with Crippen LogP contribution in [-0.4, -0.2) is 19.6 Å². The molecule has 0 radical (unpaired) electrons. The number of aromatic nitrogens is 3. The molecule has 4 nitrogen and oxygen atoms in total. The molecule has 0 atom stereocenters. The van der Waals surface area contributed by atoms with Gasteiger partial charge in [-0.3, -0.25) is 0 Å². The maximum absolute atomic E-state index is 10.2. The van der Waals surface area contributed by atoms with Crippen LogP contribution in [0.4, 0.5) is 0 Å². The van der Waals surface area contributed by atoms with Gasteiger partial charge in [-0.1, -0.05) is 19.3 Å². The van der Waals surface area contributed by atoms with Crippen LogP contribution in [0.3, 0.4) is 0 Å². The van der Waals surface area contributed by atoms with Crippen LogP contribution in [0, 0.1) is 5.92 Å². The van der Waals surface area contributed by atoms with Crippen LogP contribution in [0.2, 0.25) is 0 Å². The Balaban J connectivity index is 1.81. The van der Waals surface area contributed by atoms with Gasteiger partial charge in [-0.05, 0) is 50.0 Å². The Hall–Kier alpha value is -1.58. The van der Waals surface area contributed by atoms with Crippen molar-refractivity contribution in [1.82, 2.24) is 14.5 Å². The Labute approximate surface area is 125 Å². The SMILES string of the molecule is Oc1ncnc2c1c1c(n2CC2CCCCC2)CCCC1. The van der Waals surface area contributed by atoms with Crippen LogP contribution in [0.25, 0.3) is 11.0 Å². The molecule has 112 valence electrons. The maximum atomic E-state index is 10.2. The van der Waals surface area contributed by atoms with Gasteiger partial charge in [-0.25, -0.2) is 9.97 Å². The van der Waals surface area contributed by atoms with Gasteiger partial charge in [0.15, 0.2) is 0 Å². The third kappa shape index (κ3) is 2.21. The van der Waals surface area contributed by atoms with Crippen LogP contribution in [0.15, 0.2) is 6.33 Å². The number of nitrogens with zero attached hydrogens (tertiary/aromatic N) is 3. The molecule has 0 bridgehead atoms. The minimum atomic E-state index is 0.167. The van der Waals surface area contributed by atoms with Crippen molar-refractivity contribution < 1.29 is 5.11 Å². The Morgan fingerprint density at radius 1 is 1.05 bits per heavy atom. The average Bonchev–Trinajstić information content (AvgIpc) is 2.84. The van der Waals surface area contributed by atoms with Crippen LogP contribution in [0.1, 0.15) is 56.2 Å². The average molecular weight is 285 g/mol. The fourth-order valence-electron chi connectivity index (χ4n) is 4.25. The number of hydrogen-bond acceptors (Lipinski definition) is 3. The van der Waals surface area contributed by atoms with E-state index in [9.17, 15) is 5.11 Å². The van der Waals surface area contributed by atoms with Crippen LogP contribution in [0.5, 0.6) is 5.88 Å². The lowest BCUT2D eigenvalue weighted by atomic mass is 9.89. The zero-order chi connectivity index (χ0) is 14.2. The standard InChI is InChI=1S/C17H23N3O/c21-17-15-13-8-4-5-9-14(13)20(16(15)18-11-19-17)10-12-6-2-1-3-7-12/h11-12H,1-10H2,(H,18,19,21). The van der Waals surface area contributed by atoms with Gasteiger partial charge in [0.25, 0.3) is 0 Å². The quantitative estimate of drug-likeness (QED) is 0.917. The molecule has 2 heterocycles. The van der Waals surface area contributed by atoms with Crippen molar-refractivity contribution in [3.8, 4) is 5.88 Å². The van der Waals surface area contributed by atoms with Crippen molar-refractivity contribution in [3.05, 3.63) is 17.6 Å². The summed E-state index contributed by atoms with van der Waals surface area (Å²) in [7, 11) is 0. The number of aryl methyl sites for hydroxylation is 1. The topological polar surface area (TPSA) is 50.9 Å². The van der Waals surface area contributed by atoms with Gasteiger partial charge in [0, 0.05) is 12.2 Å². The van der Waals surface area contributed by atoms with E-state index in [-0.39, 0.29) is 5.88 Å². The largest absolute Gasteiger partial charge is 0.493 e. The number of hydrogen-bond donors (Lipinski definition) is 1. The predicted octanol–water partition coefficient (Wildman–Crippen LogP) is 3.60. The highest BCUT2D eigenvalue weighted by atomic mass is 16.3. The lowest BCUT2D eigenvalue weighted by molar-refractivity contribution is 0.318. The Kier molecular flexibility index (Phi) is 3.32. The normalized spacial score (nSPS) is 19.8. The van der Waals surface area contributed by atoms with Crippen molar-refractivity contribution >= 4 is 11.0 Å². The summed E-state index contributed by atoms with van der Waals surface area (Å²) in [6.07, 6.45) is 13.0. The molecule has 0 unspecified atom stereocenters. The summed E-state index contributed by atoms with van der Waals surface area (Å²) < 4.78 is 2.40. The smallest absolute Gasteiger partial charge is 0.223 e. The zero-order valence-electron chi connectivity index (χ0n) is 12.5. The number of rotatable bonds is 2. The second-order valence-corrected chi connectivity index (χ2v) is 6.64. The van der Waals surface area contributed by atoms with Gasteiger partial charge in [-0.15, -0.1) is 0 Å². The number of aromatic hydroxyl groups is 1. The molecular weight excluding hydrogens is 262 g/mol. The van der Waals surface area contributed by atoms with Crippen molar-refractivity contribution in [1.29, 1.82) is 0 Å². The zero-order valence-corrected chi connectivity index (χ0v) is 12.5. The van der Waals surface area contributed by atoms with Gasteiger partial charge in [0.2, 0.25) is 5.88 Å². The molecule has 2 aromatic rings. The fraction of sp³-hybridized carbons (Fsp3) is 0.647. The van der Waals surface area contributed by atoms with Crippen molar-refractivity contribution in [3.63, 3.8) is 0 Å². The Morgan fingerprint density at radius 2 is 1.86 bits per heavy atom. The first-order chi connectivity index (χ1) is 10.3. The Morgan fingerprint density at radius 3 is 2.71 bits per heavy atom. The van der Waals surface area contributed by atoms with E-state index in [4.69, 9.17) is 0 Å². The second-order valence-electron chi connectivity index (χ2n) is 6.64. The molecule has 1 saturated carbocycles. The van der Waals surface area contributed by atoms with E-state index in [1.165, 1.54) is 62.5 Å². The summed E-state index contributed by atoms with van der Waals surface area (Å²) in [6, 6.07) is 0. The first-order valence-electron chi connectivity index (χ1n) is 8.38. The van der Waals surface area contributed by atoms with E-state index < -0.39 is 0 Å². The van der Waals surface area contributed by atoms with Crippen molar-refractivity contribution in [2.24, 2.45) is 5.92 Å². The van der Waals surface area contributed by atoms with Crippen molar-refractivity contribution in [2.45, 2.75) is 64.3 Å². The fourth-order valence-corrected chi connectivity index (χ4v) is 4.25. The molecule has 1 fully saturated rings. The van der Waals surface area contributed by atoms with E-state index in [1.807, 2.05) is 0 Å². The van der Waals surface area contributed by atoms with Gasteiger partial charge >= 0.3 is 0 Å². The Bertz CT molecular complexity index is 656. The molecule has 2 aliphatic carbocycles. The molecule has 21 heavy (non-hydrogen) atoms. The summed E-state index contributed by atoms with van der Waals surface area (Å²) in [4.78, 5) is 8.51. The highest BCUT2D eigenvalue weighted by Gasteiger charge is 2.25. The van der Waals surface area contributed by atoms with Crippen molar-refractivity contribution in [2.75, 3.05) is 0 Å². The molecular formula is C17H23N3O. The molecule has 2 aromatic heterocycles. The van der Waals surface area contributed by atoms with E-state index in [1.54, 1.807) is 0 Å². The molecule has 1 N–H and O–H groups in total. The third-order valence-corrected chi connectivity index (χ3v) is 5.29. The monoisotopic (exact) mass is 285 g/mol. The minimum Gasteiger partial charge on any atom is -0.493 e. The molecule has 0 aliphatic heterocycles. The third-order valence-electron chi connectivity index (χ3n) is 5.29. The lowest BCUT2D eigenvalue weighted by Gasteiger charge is -2.24.